The molecule has 3 nitrogen and oxygen atoms in total. The van der Waals surface area contributed by atoms with Crippen molar-refractivity contribution in [3.63, 3.8) is 0 Å². The number of amides is 1. The van der Waals surface area contributed by atoms with Crippen molar-refractivity contribution < 1.29 is 4.79 Å². The Morgan fingerprint density at radius 2 is 1.85 bits per heavy atom. The standard InChI is InChI=1S/C15H14Cl2N2O/c16-12-5-3-4-11(8-12)9-18-10-15(20)19-14-7-2-1-6-13(14)17/h1-8,18H,9-10H2,(H,19,20). The molecular formula is C15H14Cl2N2O. The second-order valence-corrected chi connectivity index (χ2v) is 5.11. The van der Waals surface area contributed by atoms with Crippen LogP contribution in [0.3, 0.4) is 0 Å². The molecule has 104 valence electrons. The summed E-state index contributed by atoms with van der Waals surface area (Å²) in [5.74, 6) is -0.139. The van der Waals surface area contributed by atoms with Gasteiger partial charge in [-0.05, 0) is 29.8 Å². The van der Waals surface area contributed by atoms with Crippen LogP contribution in [0.4, 0.5) is 5.69 Å². The fourth-order valence-electron chi connectivity index (χ4n) is 1.72. The fraction of sp³-hybridized carbons (Fsp3) is 0.133. The van der Waals surface area contributed by atoms with Crippen molar-refractivity contribution in [2.75, 3.05) is 11.9 Å². The Bertz CT molecular complexity index is 602. The summed E-state index contributed by atoms with van der Waals surface area (Å²) in [5, 5.41) is 7.01. The van der Waals surface area contributed by atoms with Gasteiger partial charge in [0.1, 0.15) is 0 Å². The highest BCUT2D eigenvalue weighted by Crippen LogP contribution is 2.20. The Labute approximate surface area is 127 Å². The highest BCUT2D eigenvalue weighted by Gasteiger charge is 2.04. The summed E-state index contributed by atoms with van der Waals surface area (Å²) in [6.07, 6.45) is 0. The minimum Gasteiger partial charge on any atom is -0.324 e. The molecule has 0 aromatic heterocycles. The Morgan fingerprint density at radius 3 is 2.60 bits per heavy atom. The Morgan fingerprint density at radius 1 is 1.05 bits per heavy atom. The lowest BCUT2D eigenvalue weighted by molar-refractivity contribution is -0.115. The van der Waals surface area contributed by atoms with E-state index in [1.807, 2.05) is 36.4 Å². The number of rotatable bonds is 5. The summed E-state index contributed by atoms with van der Waals surface area (Å²) in [5.41, 5.74) is 1.65. The number of carbonyl (C=O) groups is 1. The van der Waals surface area contributed by atoms with Crippen LogP contribution in [-0.2, 0) is 11.3 Å². The lowest BCUT2D eigenvalue weighted by atomic mass is 10.2. The van der Waals surface area contributed by atoms with Gasteiger partial charge < -0.3 is 10.6 Å². The second kappa shape index (κ2) is 7.29. The first kappa shape index (κ1) is 14.9. The van der Waals surface area contributed by atoms with E-state index in [2.05, 4.69) is 10.6 Å². The van der Waals surface area contributed by atoms with Crippen LogP contribution in [0.15, 0.2) is 48.5 Å². The molecule has 20 heavy (non-hydrogen) atoms. The van der Waals surface area contributed by atoms with Gasteiger partial charge in [0.05, 0.1) is 17.3 Å². The lowest BCUT2D eigenvalue weighted by Gasteiger charge is -2.08. The average Bonchev–Trinajstić information content (AvgIpc) is 2.41. The monoisotopic (exact) mass is 308 g/mol. The molecule has 5 heteroatoms. The fourth-order valence-corrected chi connectivity index (χ4v) is 2.12. The Balaban J connectivity index is 1.80. The molecule has 0 saturated heterocycles. The average molecular weight is 309 g/mol. The zero-order valence-corrected chi connectivity index (χ0v) is 12.2. The molecule has 0 radical (unpaired) electrons. The summed E-state index contributed by atoms with van der Waals surface area (Å²) in [6.45, 7) is 0.786. The highest BCUT2D eigenvalue weighted by molar-refractivity contribution is 6.33. The smallest absolute Gasteiger partial charge is 0.238 e. The van der Waals surface area contributed by atoms with Crippen LogP contribution in [0.25, 0.3) is 0 Å². The first-order valence-corrected chi connectivity index (χ1v) is 6.90. The first-order valence-electron chi connectivity index (χ1n) is 6.15. The summed E-state index contributed by atoms with van der Waals surface area (Å²) < 4.78 is 0. The first-order chi connectivity index (χ1) is 9.65. The van der Waals surface area contributed by atoms with E-state index in [0.29, 0.717) is 22.3 Å². The Hall–Kier alpha value is -1.55. The van der Waals surface area contributed by atoms with E-state index in [1.165, 1.54) is 0 Å². The SMILES string of the molecule is O=C(CNCc1cccc(Cl)c1)Nc1ccccc1Cl. The van der Waals surface area contributed by atoms with E-state index < -0.39 is 0 Å². The molecular weight excluding hydrogens is 295 g/mol. The quantitative estimate of drug-likeness (QED) is 0.884. The molecule has 0 spiro atoms. The minimum absolute atomic E-state index is 0.139. The third kappa shape index (κ3) is 4.53. The lowest BCUT2D eigenvalue weighted by Crippen LogP contribution is -2.27. The molecule has 2 aromatic carbocycles. The molecule has 1 amide bonds. The van der Waals surface area contributed by atoms with Crippen molar-refractivity contribution >= 4 is 34.8 Å². The van der Waals surface area contributed by atoms with E-state index in [0.717, 1.165) is 5.56 Å². The number of halogens is 2. The number of carbonyl (C=O) groups excluding carboxylic acids is 1. The largest absolute Gasteiger partial charge is 0.324 e. The van der Waals surface area contributed by atoms with Crippen molar-refractivity contribution in [3.05, 3.63) is 64.1 Å². The molecule has 2 aromatic rings. The van der Waals surface area contributed by atoms with Crippen molar-refractivity contribution in [1.29, 1.82) is 0 Å². The van der Waals surface area contributed by atoms with E-state index in [4.69, 9.17) is 23.2 Å². The van der Waals surface area contributed by atoms with Crippen LogP contribution in [0.5, 0.6) is 0 Å². The van der Waals surface area contributed by atoms with Crippen molar-refractivity contribution in [3.8, 4) is 0 Å². The van der Waals surface area contributed by atoms with Gasteiger partial charge in [-0.2, -0.15) is 0 Å². The summed E-state index contributed by atoms with van der Waals surface area (Å²) in [7, 11) is 0. The van der Waals surface area contributed by atoms with Gasteiger partial charge in [-0.3, -0.25) is 4.79 Å². The normalized spacial score (nSPS) is 10.3. The zero-order valence-electron chi connectivity index (χ0n) is 10.7. The van der Waals surface area contributed by atoms with Gasteiger partial charge in [0, 0.05) is 11.6 Å². The number of hydrogen-bond acceptors (Lipinski definition) is 2. The predicted molar refractivity (Wildman–Crippen MR) is 83.2 cm³/mol. The molecule has 2 N–H and O–H groups in total. The van der Waals surface area contributed by atoms with E-state index in [9.17, 15) is 4.79 Å². The second-order valence-electron chi connectivity index (χ2n) is 4.26. The van der Waals surface area contributed by atoms with Crippen LogP contribution >= 0.6 is 23.2 Å². The highest BCUT2D eigenvalue weighted by atomic mass is 35.5. The number of nitrogens with one attached hydrogen (secondary N) is 2. The molecule has 0 saturated carbocycles. The molecule has 0 aliphatic heterocycles. The van der Waals surface area contributed by atoms with E-state index in [1.54, 1.807) is 12.1 Å². The number of anilines is 1. The van der Waals surface area contributed by atoms with Crippen molar-refractivity contribution in [1.82, 2.24) is 5.32 Å². The van der Waals surface area contributed by atoms with Crippen LogP contribution < -0.4 is 10.6 Å². The molecule has 2 rings (SSSR count). The molecule has 0 unspecified atom stereocenters. The van der Waals surface area contributed by atoms with Crippen LogP contribution in [0, 0.1) is 0 Å². The molecule has 0 bridgehead atoms. The third-order valence-corrected chi connectivity index (χ3v) is 3.22. The summed E-state index contributed by atoms with van der Waals surface area (Å²) in [6, 6.07) is 14.6. The van der Waals surface area contributed by atoms with Crippen molar-refractivity contribution in [2.24, 2.45) is 0 Å². The van der Waals surface area contributed by atoms with E-state index >= 15 is 0 Å². The van der Waals surface area contributed by atoms with Gasteiger partial charge in [0.25, 0.3) is 0 Å². The minimum atomic E-state index is -0.139. The maximum Gasteiger partial charge on any atom is 0.238 e. The van der Waals surface area contributed by atoms with Gasteiger partial charge in [-0.25, -0.2) is 0 Å². The molecule has 0 aliphatic carbocycles. The number of benzene rings is 2. The van der Waals surface area contributed by atoms with Gasteiger partial charge >= 0.3 is 0 Å². The van der Waals surface area contributed by atoms with Gasteiger partial charge in [0.15, 0.2) is 0 Å². The third-order valence-electron chi connectivity index (χ3n) is 2.65. The van der Waals surface area contributed by atoms with E-state index in [-0.39, 0.29) is 12.5 Å². The van der Waals surface area contributed by atoms with Gasteiger partial charge in [-0.15, -0.1) is 0 Å². The van der Waals surface area contributed by atoms with Crippen LogP contribution in [0.2, 0.25) is 10.0 Å². The molecule has 0 fully saturated rings. The molecule has 0 aliphatic rings. The summed E-state index contributed by atoms with van der Waals surface area (Å²) >= 11 is 11.9. The van der Waals surface area contributed by atoms with Crippen molar-refractivity contribution in [2.45, 2.75) is 6.54 Å². The van der Waals surface area contributed by atoms with Crippen LogP contribution in [-0.4, -0.2) is 12.5 Å². The Kier molecular flexibility index (Phi) is 5.41. The molecule has 0 heterocycles. The maximum absolute atomic E-state index is 11.8. The summed E-state index contributed by atoms with van der Waals surface area (Å²) in [4.78, 5) is 11.8. The van der Waals surface area contributed by atoms with Gasteiger partial charge in [-0.1, -0.05) is 47.5 Å². The zero-order chi connectivity index (χ0) is 14.4. The number of para-hydroxylation sites is 1. The molecule has 0 atom stereocenters. The topological polar surface area (TPSA) is 41.1 Å². The van der Waals surface area contributed by atoms with Gasteiger partial charge in [0.2, 0.25) is 5.91 Å². The predicted octanol–water partition coefficient (Wildman–Crippen LogP) is 3.72. The maximum atomic E-state index is 11.8. The number of hydrogen-bond donors (Lipinski definition) is 2. The van der Waals surface area contributed by atoms with Crippen LogP contribution in [0.1, 0.15) is 5.56 Å².